The Morgan fingerprint density at radius 1 is 1.30 bits per heavy atom. The van der Waals surface area contributed by atoms with Gasteiger partial charge in [-0.3, -0.25) is 0 Å². The molecular weight excluding hydrogens is 255 g/mol. The van der Waals surface area contributed by atoms with Crippen molar-refractivity contribution in [3.05, 3.63) is 29.6 Å². The molecule has 0 unspecified atom stereocenters. The Bertz CT molecular complexity index is 490. The molecule has 0 aromatic heterocycles. The van der Waals surface area contributed by atoms with Crippen LogP contribution < -0.4 is 4.74 Å². The van der Waals surface area contributed by atoms with Crippen LogP contribution in [0.3, 0.4) is 0 Å². The van der Waals surface area contributed by atoms with Crippen LogP contribution in [-0.2, 0) is 0 Å². The van der Waals surface area contributed by atoms with Crippen LogP contribution in [0.5, 0.6) is 5.75 Å². The van der Waals surface area contributed by atoms with E-state index in [4.69, 9.17) is 4.74 Å². The zero-order valence-corrected chi connectivity index (χ0v) is 12.2. The first kappa shape index (κ1) is 13.9. The van der Waals surface area contributed by atoms with Crippen molar-refractivity contribution in [1.82, 2.24) is 0 Å². The number of ether oxygens (including phenoxy) is 1. The van der Waals surface area contributed by atoms with E-state index >= 15 is 0 Å². The van der Waals surface area contributed by atoms with Crippen LogP contribution in [-0.4, -0.2) is 10.7 Å². The predicted molar refractivity (Wildman–Crippen MR) is 76.1 cm³/mol. The van der Waals surface area contributed by atoms with Gasteiger partial charge in [-0.05, 0) is 49.7 Å². The van der Waals surface area contributed by atoms with E-state index in [2.05, 4.69) is 13.8 Å². The largest absolute Gasteiger partial charge is 0.487 e. The van der Waals surface area contributed by atoms with E-state index < -0.39 is 6.10 Å². The van der Waals surface area contributed by atoms with Gasteiger partial charge in [0.05, 0.1) is 6.10 Å². The number of hydrogen-bond acceptors (Lipinski definition) is 2. The standard InChI is InChI=1S/C17H23FO2/c1-11(2)12-5-7-17(8-6-12)10-15(19)14-4-3-13(18)9-16(14)20-17/h3-4,9,11-12,15,19H,5-8,10H2,1-2H3/t12?,15-,17?/m0/s1. The van der Waals surface area contributed by atoms with Crippen LogP contribution in [0.1, 0.15) is 57.6 Å². The molecule has 3 rings (SSSR count). The highest BCUT2D eigenvalue weighted by molar-refractivity contribution is 5.38. The van der Waals surface area contributed by atoms with Gasteiger partial charge in [-0.25, -0.2) is 4.39 Å². The highest BCUT2D eigenvalue weighted by Crippen LogP contribution is 2.48. The van der Waals surface area contributed by atoms with Crippen LogP contribution in [0.25, 0.3) is 0 Å². The molecule has 2 aliphatic rings. The summed E-state index contributed by atoms with van der Waals surface area (Å²) in [5.41, 5.74) is 0.439. The number of halogens is 1. The summed E-state index contributed by atoms with van der Waals surface area (Å²) in [4.78, 5) is 0. The Labute approximate surface area is 120 Å². The Hall–Kier alpha value is -1.09. The molecule has 1 aromatic carbocycles. The molecule has 1 saturated carbocycles. The Morgan fingerprint density at radius 2 is 2.00 bits per heavy atom. The summed E-state index contributed by atoms with van der Waals surface area (Å²) in [6.07, 6.45) is 4.29. The van der Waals surface area contributed by atoms with E-state index in [1.54, 1.807) is 6.07 Å². The molecule has 0 amide bonds. The van der Waals surface area contributed by atoms with Crippen molar-refractivity contribution in [3.63, 3.8) is 0 Å². The molecule has 3 heteroatoms. The van der Waals surface area contributed by atoms with Crippen LogP contribution in [0.4, 0.5) is 4.39 Å². The third kappa shape index (κ3) is 2.44. The zero-order valence-electron chi connectivity index (χ0n) is 12.2. The van der Waals surface area contributed by atoms with Gasteiger partial charge in [-0.15, -0.1) is 0 Å². The number of rotatable bonds is 1. The molecule has 0 radical (unpaired) electrons. The first-order valence-corrected chi connectivity index (χ1v) is 7.66. The highest BCUT2D eigenvalue weighted by atomic mass is 19.1. The first-order chi connectivity index (χ1) is 9.49. The van der Waals surface area contributed by atoms with Gasteiger partial charge in [-0.1, -0.05) is 13.8 Å². The van der Waals surface area contributed by atoms with Crippen molar-refractivity contribution < 1.29 is 14.2 Å². The summed E-state index contributed by atoms with van der Waals surface area (Å²) in [7, 11) is 0. The third-order valence-electron chi connectivity index (χ3n) is 5.11. The van der Waals surface area contributed by atoms with Gasteiger partial charge in [0.15, 0.2) is 0 Å². The lowest BCUT2D eigenvalue weighted by Gasteiger charge is -2.45. The lowest BCUT2D eigenvalue weighted by atomic mass is 9.71. The lowest BCUT2D eigenvalue weighted by molar-refractivity contribution is -0.0505. The monoisotopic (exact) mass is 278 g/mol. The third-order valence-corrected chi connectivity index (χ3v) is 5.11. The first-order valence-electron chi connectivity index (χ1n) is 7.66. The van der Waals surface area contributed by atoms with Crippen LogP contribution in [0, 0.1) is 17.7 Å². The van der Waals surface area contributed by atoms with Crippen LogP contribution in [0.15, 0.2) is 18.2 Å². The van der Waals surface area contributed by atoms with E-state index in [1.807, 2.05) is 0 Å². The quantitative estimate of drug-likeness (QED) is 0.833. The topological polar surface area (TPSA) is 29.5 Å². The second-order valence-corrected chi connectivity index (χ2v) is 6.77. The highest BCUT2D eigenvalue weighted by Gasteiger charge is 2.43. The molecule has 1 aromatic rings. The molecule has 0 saturated heterocycles. The number of aliphatic hydroxyl groups is 1. The summed E-state index contributed by atoms with van der Waals surface area (Å²) in [5.74, 6) is 1.68. The summed E-state index contributed by atoms with van der Waals surface area (Å²) in [6.45, 7) is 4.54. The minimum absolute atomic E-state index is 0.286. The van der Waals surface area contributed by atoms with E-state index in [1.165, 1.54) is 12.1 Å². The SMILES string of the molecule is CC(C)C1CCC2(CC1)C[C@H](O)c1ccc(F)cc1O2. The van der Waals surface area contributed by atoms with Gasteiger partial charge in [0.25, 0.3) is 0 Å². The summed E-state index contributed by atoms with van der Waals surface area (Å²) < 4.78 is 19.5. The Kier molecular flexibility index (Phi) is 3.49. The number of hydrogen-bond donors (Lipinski definition) is 1. The molecule has 1 aliphatic carbocycles. The molecule has 1 spiro atoms. The van der Waals surface area contributed by atoms with Crippen molar-refractivity contribution in [2.45, 2.75) is 57.7 Å². The summed E-state index contributed by atoms with van der Waals surface area (Å²) >= 11 is 0. The minimum atomic E-state index is -0.532. The van der Waals surface area contributed by atoms with Crippen molar-refractivity contribution in [1.29, 1.82) is 0 Å². The van der Waals surface area contributed by atoms with E-state index in [-0.39, 0.29) is 11.4 Å². The summed E-state index contributed by atoms with van der Waals surface area (Å²) in [5, 5.41) is 10.3. The normalized spacial score (nSPS) is 33.0. The molecule has 2 nitrogen and oxygen atoms in total. The van der Waals surface area contributed by atoms with Crippen molar-refractivity contribution in [3.8, 4) is 5.75 Å². The molecule has 1 N–H and O–H groups in total. The number of benzene rings is 1. The smallest absolute Gasteiger partial charge is 0.128 e. The van der Waals surface area contributed by atoms with Gasteiger partial charge in [0.1, 0.15) is 17.2 Å². The maximum Gasteiger partial charge on any atom is 0.128 e. The molecule has 0 bridgehead atoms. The van der Waals surface area contributed by atoms with Crippen LogP contribution in [0.2, 0.25) is 0 Å². The van der Waals surface area contributed by atoms with Crippen molar-refractivity contribution >= 4 is 0 Å². The maximum atomic E-state index is 13.4. The molecule has 1 atom stereocenters. The molecule has 1 heterocycles. The minimum Gasteiger partial charge on any atom is -0.487 e. The van der Waals surface area contributed by atoms with Gasteiger partial charge in [-0.2, -0.15) is 0 Å². The molecule has 1 aliphatic heterocycles. The van der Waals surface area contributed by atoms with E-state index in [9.17, 15) is 9.50 Å². The number of fused-ring (bicyclic) bond motifs is 1. The second kappa shape index (κ2) is 5.03. The number of aliphatic hydroxyl groups excluding tert-OH is 1. The van der Waals surface area contributed by atoms with Crippen molar-refractivity contribution in [2.75, 3.05) is 0 Å². The van der Waals surface area contributed by atoms with E-state index in [0.717, 1.165) is 37.2 Å². The van der Waals surface area contributed by atoms with Gasteiger partial charge < -0.3 is 9.84 Å². The van der Waals surface area contributed by atoms with Crippen molar-refractivity contribution in [2.24, 2.45) is 11.8 Å². The summed E-state index contributed by atoms with van der Waals surface area (Å²) in [6, 6.07) is 4.44. The predicted octanol–water partition coefficient (Wildman–Crippen LogP) is 4.23. The fourth-order valence-electron chi connectivity index (χ4n) is 3.75. The molecule has 1 fully saturated rings. The van der Waals surface area contributed by atoms with Gasteiger partial charge in [0.2, 0.25) is 0 Å². The van der Waals surface area contributed by atoms with E-state index in [0.29, 0.717) is 18.1 Å². The van der Waals surface area contributed by atoms with Crippen LogP contribution >= 0.6 is 0 Å². The van der Waals surface area contributed by atoms with Gasteiger partial charge >= 0.3 is 0 Å². The molecule has 110 valence electrons. The average Bonchev–Trinajstić information content (AvgIpc) is 2.38. The second-order valence-electron chi connectivity index (χ2n) is 6.77. The molecule has 20 heavy (non-hydrogen) atoms. The average molecular weight is 278 g/mol. The zero-order chi connectivity index (χ0) is 14.3. The lowest BCUT2D eigenvalue weighted by Crippen LogP contribution is -2.44. The molecular formula is C17H23FO2. The Morgan fingerprint density at radius 3 is 2.65 bits per heavy atom. The Balaban J connectivity index is 1.81. The van der Waals surface area contributed by atoms with Gasteiger partial charge in [0, 0.05) is 18.1 Å². The maximum absolute atomic E-state index is 13.4. The fourth-order valence-corrected chi connectivity index (χ4v) is 3.75. The fraction of sp³-hybridized carbons (Fsp3) is 0.647.